The van der Waals surface area contributed by atoms with Gasteiger partial charge >= 0.3 is 0 Å². The van der Waals surface area contributed by atoms with Gasteiger partial charge in [-0.15, -0.1) is 0 Å². The minimum absolute atomic E-state index is 0.0464. The van der Waals surface area contributed by atoms with Gasteiger partial charge in [0.05, 0.1) is 44.8 Å². The van der Waals surface area contributed by atoms with Gasteiger partial charge in [0.1, 0.15) is 5.75 Å². The summed E-state index contributed by atoms with van der Waals surface area (Å²) < 4.78 is 44.0. The highest BCUT2D eigenvalue weighted by atomic mass is 35.5. The van der Waals surface area contributed by atoms with E-state index in [9.17, 15) is 18.5 Å². The highest BCUT2D eigenvalue weighted by molar-refractivity contribution is 7.92. The summed E-state index contributed by atoms with van der Waals surface area (Å²) in [5.41, 5.74) is -0.00916. The molecule has 3 aromatic carbocycles. The van der Waals surface area contributed by atoms with E-state index >= 15 is 0 Å². The number of rotatable bonds is 8. The average Bonchev–Trinajstić information content (AvgIpc) is 2.76. The summed E-state index contributed by atoms with van der Waals surface area (Å²) in [6.45, 7) is 0. The van der Waals surface area contributed by atoms with Crippen LogP contribution in [0.15, 0.2) is 53.4 Å². The second-order valence-corrected chi connectivity index (χ2v) is 9.27. The monoisotopic (exact) mass is 532 g/mol. The number of hydrogen-bond acceptors (Lipinski definition) is 7. The first-order valence-electron chi connectivity index (χ1n) is 8.91. The summed E-state index contributed by atoms with van der Waals surface area (Å²) in [5, 5.41) is 10.6. The summed E-state index contributed by atoms with van der Waals surface area (Å²) in [4.78, 5) is 10.0. The standard InChI is InChI=1S/C20H15Cl3N2O7S/c1-30-18-5-3-11(7-19(18)31-2)24-33(28,29)13-9-15(22)20(16(23)10-13)32-17-6-4-12(25(26)27)8-14(17)21/h3-10,24H,1-2H3. The van der Waals surface area contributed by atoms with Crippen LogP contribution in [0.4, 0.5) is 11.4 Å². The zero-order chi connectivity index (χ0) is 24.3. The second-order valence-electron chi connectivity index (χ2n) is 6.37. The van der Waals surface area contributed by atoms with Crippen molar-refractivity contribution in [1.82, 2.24) is 0 Å². The van der Waals surface area contributed by atoms with E-state index in [0.717, 1.165) is 18.2 Å². The number of anilines is 1. The lowest BCUT2D eigenvalue weighted by molar-refractivity contribution is -0.384. The van der Waals surface area contributed by atoms with E-state index in [1.165, 1.54) is 38.5 Å². The van der Waals surface area contributed by atoms with Crippen LogP contribution in [0.5, 0.6) is 23.0 Å². The van der Waals surface area contributed by atoms with Gasteiger partial charge in [0.15, 0.2) is 17.2 Å². The molecule has 0 spiro atoms. The Morgan fingerprint density at radius 2 is 1.45 bits per heavy atom. The number of nitrogens with zero attached hydrogens (tertiary/aromatic N) is 1. The normalized spacial score (nSPS) is 11.1. The van der Waals surface area contributed by atoms with Gasteiger partial charge in [0.2, 0.25) is 0 Å². The molecular weight excluding hydrogens is 519 g/mol. The van der Waals surface area contributed by atoms with Crippen molar-refractivity contribution in [3.63, 3.8) is 0 Å². The molecule has 0 atom stereocenters. The van der Waals surface area contributed by atoms with Crippen molar-refractivity contribution in [3.05, 3.63) is 73.7 Å². The second kappa shape index (κ2) is 9.92. The van der Waals surface area contributed by atoms with Crippen LogP contribution < -0.4 is 18.9 Å². The molecule has 33 heavy (non-hydrogen) atoms. The van der Waals surface area contributed by atoms with Gasteiger partial charge < -0.3 is 14.2 Å². The quantitative estimate of drug-likeness (QED) is 0.272. The zero-order valence-electron chi connectivity index (χ0n) is 17.0. The fourth-order valence-corrected chi connectivity index (χ4v) is 4.71. The average molecular weight is 534 g/mol. The largest absolute Gasteiger partial charge is 0.493 e. The van der Waals surface area contributed by atoms with Gasteiger partial charge in [0.25, 0.3) is 15.7 Å². The highest BCUT2D eigenvalue weighted by Crippen LogP contribution is 2.41. The van der Waals surface area contributed by atoms with E-state index in [1.807, 2.05) is 0 Å². The fourth-order valence-electron chi connectivity index (χ4n) is 2.70. The first kappa shape index (κ1) is 24.7. The van der Waals surface area contributed by atoms with Crippen molar-refractivity contribution in [2.45, 2.75) is 4.90 Å². The number of methoxy groups -OCH3 is 2. The van der Waals surface area contributed by atoms with Crippen molar-refractivity contribution in [1.29, 1.82) is 0 Å². The smallest absolute Gasteiger partial charge is 0.271 e. The highest BCUT2D eigenvalue weighted by Gasteiger charge is 2.21. The Bertz CT molecular complexity index is 1310. The first-order valence-corrected chi connectivity index (χ1v) is 11.5. The Balaban J connectivity index is 1.90. The number of hydrogen-bond donors (Lipinski definition) is 1. The topological polar surface area (TPSA) is 117 Å². The predicted molar refractivity (Wildman–Crippen MR) is 125 cm³/mol. The van der Waals surface area contributed by atoms with Gasteiger partial charge in [-0.1, -0.05) is 34.8 Å². The predicted octanol–water partition coefficient (Wildman–Crippen LogP) is 6.17. The summed E-state index contributed by atoms with van der Waals surface area (Å²) in [6.07, 6.45) is 0. The molecule has 3 aromatic rings. The first-order chi connectivity index (χ1) is 15.6. The molecule has 0 fully saturated rings. The van der Waals surface area contributed by atoms with Crippen molar-refractivity contribution in [2.24, 2.45) is 0 Å². The maximum atomic E-state index is 12.9. The van der Waals surface area contributed by atoms with Gasteiger partial charge in [-0.3, -0.25) is 14.8 Å². The van der Waals surface area contributed by atoms with Gasteiger partial charge in [-0.05, 0) is 30.3 Å². The Hall–Kier alpha value is -2.92. The number of nitrogens with one attached hydrogen (secondary N) is 1. The van der Waals surface area contributed by atoms with Crippen LogP contribution >= 0.6 is 34.8 Å². The SMILES string of the molecule is COc1ccc(NS(=O)(=O)c2cc(Cl)c(Oc3ccc([N+](=O)[O-])cc3Cl)c(Cl)c2)cc1OC. The zero-order valence-corrected chi connectivity index (χ0v) is 20.1. The van der Waals surface area contributed by atoms with Crippen LogP contribution in [0.1, 0.15) is 0 Å². The third-order valence-electron chi connectivity index (χ3n) is 4.26. The molecule has 0 aromatic heterocycles. The van der Waals surface area contributed by atoms with E-state index < -0.39 is 14.9 Å². The number of benzene rings is 3. The summed E-state index contributed by atoms with van der Waals surface area (Å²) in [5.74, 6) is 0.736. The number of nitro benzene ring substituents is 1. The number of nitro groups is 1. The fraction of sp³-hybridized carbons (Fsp3) is 0.100. The molecule has 0 amide bonds. The molecule has 0 aliphatic carbocycles. The van der Waals surface area contributed by atoms with Crippen molar-refractivity contribution in [3.8, 4) is 23.0 Å². The molecule has 0 aliphatic rings. The number of non-ortho nitro benzene ring substituents is 1. The van der Waals surface area contributed by atoms with Crippen molar-refractivity contribution < 1.29 is 27.6 Å². The molecular formula is C20H15Cl3N2O7S. The molecule has 0 unspecified atom stereocenters. The molecule has 0 heterocycles. The molecule has 1 N–H and O–H groups in total. The molecule has 3 rings (SSSR count). The van der Waals surface area contributed by atoms with Gasteiger partial charge in [-0.25, -0.2) is 8.42 Å². The Morgan fingerprint density at radius 1 is 0.848 bits per heavy atom. The van der Waals surface area contributed by atoms with Crippen LogP contribution in [-0.2, 0) is 10.0 Å². The van der Waals surface area contributed by atoms with E-state index in [1.54, 1.807) is 6.07 Å². The van der Waals surface area contributed by atoms with Crippen molar-refractivity contribution >= 4 is 56.2 Å². The van der Waals surface area contributed by atoms with Crippen LogP contribution in [0, 0.1) is 10.1 Å². The molecule has 0 bridgehead atoms. The third-order valence-corrected chi connectivity index (χ3v) is 6.47. The lowest BCUT2D eigenvalue weighted by Crippen LogP contribution is -2.13. The molecule has 0 saturated heterocycles. The lowest BCUT2D eigenvalue weighted by Gasteiger charge is -2.14. The van der Waals surface area contributed by atoms with E-state index in [4.69, 9.17) is 49.0 Å². The maximum Gasteiger partial charge on any atom is 0.271 e. The Morgan fingerprint density at radius 3 is 2.00 bits per heavy atom. The third kappa shape index (κ3) is 5.53. The molecule has 0 aliphatic heterocycles. The van der Waals surface area contributed by atoms with E-state index in [-0.39, 0.29) is 42.8 Å². The molecule has 9 nitrogen and oxygen atoms in total. The molecule has 0 radical (unpaired) electrons. The van der Waals surface area contributed by atoms with Crippen LogP contribution in [0.2, 0.25) is 15.1 Å². The van der Waals surface area contributed by atoms with Crippen molar-refractivity contribution in [2.75, 3.05) is 18.9 Å². The summed E-state index contributed by atoms with van der Waals surface area (Å²) >= 11 is 18.5. The van der Waals surface area contributed by atoms with E-state index in [0.29, 0.717) is 11.5 Å². The van der Waals surface area contributed by atoms with Gasteiger partial charge in [0, 0.05) is 18.2 Å². The number of sulfonamides is 1. The minimum Gasteiger partial charge on any atom is -0.493 e. The summed E-state index contributed by atoms with van der Waals surface area (Å²) in [6, 6.07) is 10.3. The number of ether oxygens (including phenoxy) is 3. The summed E-state index contributed by atoms with van der Waals surface area (Å²) in [7, 11) is -1.21. The van der Waals surface area contributed by atoms with Crippen LogP contribution in [0.3, 0.4) is 0 Å². The van der Waals surface area contributed by atoms with Gasteiger partial charge in [-0.2, -0.15) is 0 Å². The molecule has 0 saturated carbocycles. The molecule has 174 valence electrons. The van der Waals surface area contributed by atoms with E-state index in [2.05, 4.69) is 4.72 Å². The van der Waals surface area contributed by atoms with Crippen LogP contribution in [0.25, 0.3) is 0 Å². The van der Waals surface area contributed by atoms with Crippen LogP contribution in [-0.4, -0.2) is 27.6 Å². The molecule has 13 heteroatoms. The Kier molecular flexibility index (Phi) is 7.43. The maximum absolute atomic E-state index is 12.9. The number of halogens is 3. The Labute approximate surface area is 203 Å². The lowest BCUT2D eigenvalue weighted by atomic mass is 10.3. The minimum atomic E-state index is -4.09.